The molecule has 0 atom stereocenters. The zero-order valence-corrected chi connectivity index (χ0v) is 9.36. The Morgan fingerprint density at radius 2 is 2.00 bits per heavy atom. The lowest BCUT2D eigenvalue weighted by Gasteiger charge is -2.28. The molecular weight excluding hydrogens is 200 g/mol. The first-order valence-corrected chi connectivity index (χ1v) is 5.48. The van der Waals surface area contributed by atoms with E-state index in [1.54, 1.807) is 0 Å². The van der Waals surface area contributed by atoms with Gasteiger partial charge in [-0.05, 0) is 30.7 Å². The molecule has 0 unspecified atom stereocenters. The highest BCUT2D eigenvalue weighted by Crippen LogP contribution is 2.21. The second-order valence-electron chi connectivity index (χ2n) is 4.14. The molecule has 1 aromatic carbocycles. The predicted molar refractivity (Wildman–Crippen MR) is 62.3 cm³/mol. The van der Waals surface area contributed by atoms with E-state index in [0.29, 0.717) is 18.6 Å². The van der Waals surface area contributed by atoms with Crippen molar-refractivity contribution in [1.29, 1.82) is 5.26 Å². The largest absolute Gasteiger partial charge is 0.371 e. The maximum atomic E-state index is 11.1. The molecule has 0 radical (unpaired) electrons. The van der Waals surface area contributed by atoms with Crippen molar-refractivity contribution in [3.05, 3.63) is 29.3 Å². The van der Waals surface area contributed by atoms with Crippen molar-refractivity contribution < 1.29 is 4.79 Å². The number of aryl methyl sites for hydroxylation is 1. The Kier molecular flexibility index (Phi) is 2.91. The summed E-state index contributed by atoms with van der Waals surface area (Å²) in [5.41, 5.74) is 2.83. The van der Waals surface area contributed by atoms with Gasteiger partial charge < -0.3 is 4.90 Å². The Bertz CT molecular complexity index is 449. The van der Waals surface area contributed by atoms with Gasteiger partial charge in [0.25, 0.3) is 0 Å². The summed E-state index contributed by atoms with van der Waals surface area (Å²) >= 11 is 0. The van der Waals surface area contributed by atoms with E-state index in [9.17, 15) is 4.79 Å². The Morgan fingerprint density at radius 1 is 1.31 bits per heavy atom. The number of anilines is 1. The molecule has 1 aliphatic heterocycles. The van der Waals surface area contributed by atoms with Crippen LogP contribution in [0.25, 0.3) is 0 Å². The van der Waals surface area contributed by atoms with Crippen LogP contribution in [0, 0.1) is 18.3 Å². The second-order valence-corrected chi connectivity index (χ2v) is 4.14. The van der Waals surface area contributed by atoms with Crippen LogP contribution in [-0.4, -0.2) is 18.9 Å². The van der Waals surface area contributed by atoms with Crippen LogP contribution < -0.4 is 4.90 Å². The monoisotopic (exact) mass is 214 g/mol. The van der Waals surface area contributed by atoms with Gasteiger partial charge in [0.15, 0.2) is 0 Å². The van der Waals surface area contributed by atoms with E-state index in [0.717, 1.165) is 29.9 Å². The molecule has 1 fully saturated rings. The Balaban J connectivity index is 2.19. The van der Waals surface area contributed by atoms with Gasteiger partial charge in [-0.25, -0.2) is 0 Å². The minimum Gasteiger partial charge on any atom is -0.371 e. The third-order valence-electron chi connectivity index (χ3n) is 3.02. The average Bonchev–Trinajstić information content (AvgIpc) is 2.30. The molecule has 16 heavy (non-hydrogen) atoms. The van der Waals surface area contributed by atoms with Crippen LogP contribution in [0.3, 0.4) is 0 Å². The lowest BCUT2D eigenvalue weighted by Crippen LogP contribution is -2.33. The molecule has 0 aromatic heterocycles. The molecule has 0 bridgehead atoms. The highest BCUT2D eigenvalue weighted by Gasteiger charge is 2.16. The van der Waals surface area contributed by atoms with Crippen LogP contribution in [-0.2, 0) is 4.79 Å². The summed E-state index contributed by atoms with van der Waals surface area (Å²) in [6, 6.07) is 7.99. The highest BCUT2D eigenvalue weighted by atomic mass is 16.1. The first-order chi connectivity index (χ1) is 7.70. The van der Waals surface area contributed by atoms with Gasteiger partial charge in [0, 0.05) is 31.6 Å². The van der Waals surface area contributed by atoms with Crippen molar-refractivity contribution in [2.75, 3.05) is 18.0 Å². The van der Waals surface area contributed by atoms with Crippen molar-refractivity contribution in [1.82, 2.24) is 0 Å². The maximum absolute atomic E-state index is 11.1. The molecule has 0 aliphatic carbocycles. The summed E-state index contributed by atoms with van der Waals surface area (Å²) in [6.07, 6.45) is 1.28. The third-order valence-corrected chi connectivity index (χ3v) is 3.02. The second kappa shape index (κ2) is 4.36. The third kappa shape index (κ3) is 2.06. The molecule has 0 amide bonds. The van der Waals surface area contributed by atoms with Crippen molar-refractivity contribution in [3.63, 3.8) is 0 Å². The van der Waals surface area contributed by atoms with E-state index in [2.05, 4.69) is 11.0 Å². The zero-order valence-electron chi connectivity index (χ0n) is 9.36. The van der Waals surface area contributed by atoms with E-state index >= 15 is 0 Å². The number of nitrogens with zero attached hydrogens (tertiary/aromatic N) is 2. The van der Waals surface area contributed by atoms with E-state index in [4.69, 9.17) is 5.26 Å². The predicted octanol–water partition coefficient (Wildman–Crippen LogP) is 2.04. The van der Waals surface area contributed by atoms with E-state index < -0.39 is 0 Å². The quantitative estimate of drug-likeness (QED) is 0.718. The van der Waals surface area contributed by atoms with Gasteiger partial charge in [0.05, 0.1) is 11.6 Å². The fourth-order valence-corrected chi connectivity index (χ4v) is 1.98. The maximum Gasteiger partial charge on any atom is 0.136 e. The van der Waals surface area contributed by atoms with Gasteiger partial charge in [-0.1, -0.05) is 0 Å². The number of Topliss-reactive ketones (excluding diaryl/α,β-unsaturated/α-hetero) is 1. The minimum absolute atomic E-state index is 0.349. The first kappa shape index (κ1) is 10.7. The van der Waals surface area contributed by atoms with Gasteiger partial charge in [0.2, 0.25) is 0 Å². The normalized spacial score (nSPS) is 16.0. The van der Waals surface area contributed by atoms with Crippen molar-refractivity contribution >= 4 is 11.5 Å². The standard InChI is InChI=1S/C13H14N2O/c1-10-8-12(3-2-11(10)9-14)15-6-4-13(16)5-7-15/h2-3,8H,4-7H2,1H3. The fraction of sp³-hybridized carbons (Fsp3) is 0.385. The summed E-state index contributed by atoms with van der Waals surface area (Å²) < 4.78 is 0. The number of hydrogen-bond acceptors (Lipinski definition) is 3. The summed E-state index contributed by atoms with van der Waals surface area (Å²) in [5.74, 6) is 0.349. The average molecular weight is 214 g/mol. The van der Waals surface area contributed by atoms with E-state index in [1.165, 1.54) is 0 Å². The molecule has 0 N–H and O–H groups in total. The molecule has 1 heterocycles. The Hall–Kier alpha value is -1.82. The van der Waals surface area contributed by atoms with Gasteiger partial charge in [-0.2, -0.15) is 5.26 Å². The lowest BCUT2D eigenvalue weighted by atomic mass is 10.1. The number of rotatable bonds is 1. The number of benzene rings is 1. The molecule has 1 saturated heterocycles. The van der Waals surface area contributed by atoms with Crippen LogP contribution in [0.1, 0.15) is 24.0 Å². The van der Waals surface area contributed by atoms with Crippen LogP contribution in [0.4, 0.5) is 5.69 Å². The van der Waals surface area contributed by atoms with E-state index in [1.807, 2.05) is 25.1 Å². The molecule has 2 rings (SSSR count). The Morgan fingerprint density at radius 3 is 2.56 bits per heavy atom. The zero-order chi connectivity index (χ0) is 11.5. The Labute approximate surface area is 95.3 Å². The number of hydrogen-bond donors (Lipinski definition) is 0. The lowest BCUT2D eigenvalue weighted by molar-refractivity contribution is -0.119. The number of carbonyl (C=O) groups is 1. The van der Waals surface area contributed by atoms with Crippen molar-refractivity contribution in [2.24, 2.45) is 0 Å². The molecule has 0 saturated carbocycles. The van der Waals surface area contributed by atoms with Crippen LogP contribution >= 0.6 is 0 Å². The van der Waals surface area contributed by atoms with Crippen molar-refractivity contribution in [3.8, 4) is 6.07 Å². The number of piperidine rings is 1. The number of nitriles is 1. The number of ketones is 1. The summed E-state index contributed by atoms with van der Waals surface area (Å²) in [5, 5.41) is 8.85. The van der Waals surface area contributed by atoms with Gasteiger partial charge >= 0.3 is 0 Å². The van der Waals surface area contributed by atoms with Crippen molar-refractivity contribution in [2.45, 2.75) is 19.8 Å². The highest BCUT2D eigenvalue weighted by molar-refractivity contribution is 5.81. The molecule has 3 heteroatoms. The van der Waals surface area contributed by atoms with Crippen LogP contribution in [0.15, 0.2) is 18.2 Å². The smallest absolute Gasteiger partial charge is 0.136 e. The summed E-state index contributed by atoms with van der Waals surface area (Å²) in [4.78, 5) is 13.3. The molecule has 82 valence electrons. The molecular formula is C13H14N2O. The molecule has 0 spiro atoms. The van der Waals surface area contributed by atoms with Gasteiger partial charge in [0.1, 0.15) is 5.78 Å². The number of carbonyl (C=O) groups excluding carboxylic acids is 1. The van der Waals surface area contributed by atoms with Crippen LogP contribution in [0.2, 0.25) is 0 Å². The van der Waals surface area contributed by atoms with Gasteiger partial charge in [-0.15, -0.1) is 0 Å². The summed E-state index contributed by atoms with van der Waals surface area (Å²) in [7, 11) is 0. The fourth-order valence-electron chi connectivity index (χ4n) is 1.98. The minimum atomic E-state index is 0.349. The SMILES string of the molecule is Cc1cc(N2CCC(=O)CC2)ccc1C#N. The molecule has 1 aliphatic rings. The summed E-state index contributed by atoms with van der Waals surface area (Å²) in [6.45, 7) is 3.53. The van der Waals surface area contributed by atoms with Crippen LogP contribution in [0.5, 0.6) is 0 Å². The molecule has 1 aromatic rings. The first-order valence-electron chi connectivity index (χ1n) is 5.48. The molecule has 3 nitrogen and oxygen atoms in total. The van der Waals surface area contributed by atoms with Gasteiger partial charge in [-0.3, -0.25) is 4.79 Å². The topological polar surface area (TPSA) is 44.1 Å². The van der Waals surface area contributed by atoms with E-state index in [-0.39, 0.29) is 0 Å².